The molecule has 0 bridgehead atoms. The fraction of sp³-hybridized carbons (Fsp3) is 0.429. The van der Waals surface area contributed by atoms with Gasteiger partial charge in [-0.2, -0.15) is 11.3 Å². The van der Waals surface area contributed by atoms with Crippen LogP contribution in [-0.2, 0) is 6.42 Å². The van der Waals surface area contributed by atoms with E-state index < -0.39 is 0 Å². The smallest absolute Gasteiger partial charge is 0.0931 e. The van der Waals surface area contributed by atoms with Crippen LogP contribution >= 0.6 is 34.3 Å². The van der Waals surface area contributed by atoms with E-state index >= 15 is 0 Å². The van der Waals surface area contributed by atoms with Crippen LogP contribution in [0.2, 0.25) is 4.34 Å². The third kappa shape index (κ3) is 4.09. The standard InChI is InChI=1S/C14H18ClNS2/c1-2-8-16-12(13-5-6-14(15)18-13)4-3-11-7-9-17-10-11/h5-7,9-10,12,16H,2-4,8H2,1H3. The maximum Gasteiger partial charge on any atom is 0.0931 e. The summed E-state index contributed by atoms with van der Waals surface area (Å²) in [6.07, 6.45) is 3.42. The van der Waals surface area contributed by atoms with Crippen LogP contribution in [0, 0.1) is 0 Å². The highest BCUT2D eigenvalue weighted by molar-refractivity contribution is 7.16. The SMILES string of the molecule is CCCNC(CCc1ccsc1)c1ccc(Cl)s1. The Kier molecular flexibility index (Phi) is 5.70. The van der Waals surface area contributed by atoms with Gasteiger partial charge >= 0.3 is 0 Å². The van der Waals surface area contributed by atoms with Gasteiger partial charge in [0, 0.05) is 10.9 Å². The number of hydrogen-bond donors (Lipinski definition) is 1. The number of rotatable bonds is 7. The molecule has 1 unspecified atom stereocenters. The van der Waals surface area contributed by atoms with E-state index in [9.17, 15) is 0 Å². The molecule has 0 aliphatic rings. The maximum atomic E-state index is 6.03. The Morgan fingerprint density at radius 1 is 1.33 bits per heavy atom. The van der Waals surface area contributed by atoms with Gasteiger partial charge in [-0.25, -0.2) is 0 Å². The fourth-order valence-corrected chi connectivity index (χ4v) is 3.80. The quantitative estimate of drug-likeness (QED) is 0.747. The molecule has 0 fully saturated rings. The molecule has 2 aromatic rings. The molecule has 2 aromatic heterocycles. The molecular formula is C14H18ClNS2. The largest absolute Gasteiger partial charge is 0.309 e. The third-order valence-corrected chi connectivity index (χ3v) is 4.96. The number of halogens is 1. The summed E-state index contributed by atoms with van der Waals surface area (Å²) in [6, 6.07) is 6.78. The molecule has 2 heterocycles. The normalized spacial score (nSPS) is 12.8. The van der Waals surface area contributed by atoms with Gasteiger partial charge in [-0.15, -0.1) is 11.3 Å². The summed E-state index contributed by atoms with van der Waals surface area (Å²) in [5.74, 6) is 0. The van der Waals surface area contributed by atoms with Crippen LogP contribution in [0.15, 0.2) is 29.0 Å². The highest BCUT2D eigenvalue weighted by atomic mass is 35.5. The second-order valence-electron chi connectivity index (χ2n) is 4.32. The Morgan fingerprint density at radius 3 is 2.83 bits per heavy atom. The van der Waals surface area contributed by atoms with E-state index in [1.165, 1.54) is 10.4 Å². The van der Waals surface area contributed by atoms with Crippen molar-refractivity contribution in [3.05, 3.63) is 43.7 Å². The van der Waals surface area contributed by atoms with Gasteiger partial charge in [-0.05, 0) is 60.3 Å². The molecular weight excluding hydrogens is 282 g/mol. The van der Waals surface area contributed by atoms with Crippen LogP contribution in [0.1, 0.15) is 36.2 Å². The average Bonchev–Trinajstić information content (AvgIpc) is 3.01. The van der Waals surface area contributed by atoms with Crippen LogP contribution in [0.3, 0.4) is 0 Å². The zero-order valence-electron chi connectivity index (χ0n) is 10.5. The molecule has 1 N–H and O–H groups in total. The monoisotopic (exact) mass is 299 g/mol. The van der Waals surface area contributed by atoms with Gasteiger partial charge in [0.1, 0.15) is 0 Å². The molecule has 0 aliphatic carbocycles. The van der Waals surface area contributed by atoms with Crippen molar-refractivity contribution >= 4 is 34.3 Å². The second-order valence-corrected chi connectivity index (χ2v) is 6.85. The number of hydrogen-bond acceptors (Lipinski definition) is 3. The summed E-state index contributed by atoms with van der Waals surface area (Å²) in [5, 5.41) is 8.00. The predicted octanol–water partition coefficient (Wildman–Crippen LogP) is 5.14. The molecule has 98 valence electrons. The maximum absolute atomic E-state index is 6.03. The summed E-state index contributed by atoms with van der Waals surface area (Å²) in [5.41, 5.74) is 1.44. The predicted molar refractivity (Wildman–Crippen MR) is 83.0 cm³/mol. The van der Waals surface area contributed by atoms with Crippen molar-refractivity contribution in [2.45, 2.75) is 32.2 Å². The average molecular weight is 300 g/mol. The van der Waals surface area contributed by atoms with E-state index in [0.29, 0.717) is 6.04 Å². The van der Waals surface area contributed by atoms with E-state index in [4.69, 9.17) is 11.6 Å². The van der Waals surface area contributed by atoms with Gasteiger partial charge in [0.05, 0.1) is 4.34 Å². The summed E-state index contributed by atoms with van der Waals surface area (Å²) >= 11 is 9.49. The molecule has 2 rings (SSSR count). The topological polar surface area (TPSA) is 12.0 Å². The molecule has 0 saturated heterocycles. The van der Waals surface area contributed by atoms with Crippen molar-refractivity contribution in [3.8, 4) is 0 Å². The Labute approximate surface area is 122 Å². The molecule has 0 saturated carbocycles. The van der Waals surface area contributed by atoms with Gasteiger partial charge < -0.3 is 5.32 Å². The molecule has 1 atom stereocenters. The Hall–Kier alpha value is -0.350. The fourth-order valence-electron chi connectivity index (χ4n) is 1.92. The van der Waals surface area contributed by atoms with Crippen molar-refractivity contribution in [1.29, 1.82) is 0 Å². The van der Waals surface area contributed by atoms with Gasteiger partial charge in [0.25, 0.3) is 0 Å². The van der Waals surface area contributed by atoms with Gasteiger partial charge in [-0.3, -0.25) is 0 Å². The second kappa shape index (κ2) is 7.29. The Bertz CT molecular complexity index is 450. The lowest BCUT2D eigenvalue weighted by molar-refractivity contribution is 0.506. The lowest BCUT2D eigenvalue weighted by atomic mass is 10.1. The first-order chi connectivity index (χ1) is 8.79. The number of nitrogens with one attached hydrogen (secondary N) is 1. The van der Waals surface area contributed by atoms with Gasteiger partial charge in [0.15, 0.2) is 0 Å². The molecule has 0 aromatic carbocycles. The molecule has 4 heteroatoms. The first-order valence-electron chi connectivity index (χ1n) is 6.29. The van der Waals surface area contributed by atoms with Crippen LogP contribution in [0.4, 0.5) is 0 Å². The van der Waals surface area contributed by atoms with Crippen LogP contribution < -0.4 is 5.32 Å². The molecule has 18 heavy (non-hydrogen) atoms. The van der Waals surface area contributed by atoms with E-state index in [1.807, 2.05) is 6.07 Å². The number of aryl methyl sites for hydroxylation is 1. The van der Waals surface area contributed by atoms with Crippen molar-refractivity contribution in [3.63, 3.8) is 0 Å². The lowest BCUT2D eigenvalue weighted by Crippen LogP contribution is -2.21. The van der Waals surface area contributed by atoms with Gasteiger partial charge in [-0.1, -0.05) is 18.5 Å². The van der Waals surface area contributed by atoms with Crippen LogP contribution in [0.5, 0.6) is 0 Å². The molecule has 0 spiro atoms. The minimum absolute atomic E-state index is 0.433. The van der Waals surface area contributed by atoms with Crippen molar-refractivity contribution in [1.82, 2.24) is 5.32 Å². The molecule has 0 radical (unpaired) electrons. The summed E-state index contributed by atoms with van der Waals surface area (Å²) in [7, 11) is 0. The highest BCUT2D eigenvalue weighted by Crippen LogP contribution is 2.29. The summed E-state index contributed by atoms with van der Waals surface area (Å²) in [6.45, 7) is 3.26. The summed E-state index contributed by atoms with van der Waals surface area (Å²) in [4.78, 5) is 1.35. The molecule has 0 amide bonds. The zero-order chi connectivity index (χ0) is 12.8. The van der Waals surface area contributed by atoms with Crippen molar-refractivity contribution in [2.24, 2.45) is 0 Å². The first-order valence-corrected chi connectivity index (χ1v) is 8.43. The van der Waals surface area contributed by atoms with Crippen molar-refractivity contribution < 1.29 is 0 Å². The van der Waals surface area contributed by atoms with E-state index in [2.05, 4.69) is 35.1 Å². The Morgan fingerprint density at radius 2 is 2.22 bits per heavy atom. The van der Waals surface area contributed by atoms with Crippen LogP contribution in [0.25, 0.3) is 0 Å². The minimum atomic E-state index is 0.433. The lowest BCUT2D eigenvalue weighted by Gasteiger charge is -2.16. The molecule has 1 nitrogen and oxygen atoms in total. The summed E-state index contributed by atoms with van der Waals surface area (Å²) < 4.78 is 0.879. The zero-order valence-corrected chi connectivity index (χ0v) is 12.9. The van der Waals surface area contributed by atoms with Crippen molar-refractivity contribution in [2.75, 3.05) is 6.54 Å². The minimum Gasteiger partial charge on any atom is -0.309 e. The Balaban J connectivity index is 1.96. The van der Waals surface area contributed by atoms with Crippen LogP contribution in [-0.4, -0.2) is 6.54 Å². The van der Waals surface area contributed by atoms with Gasteiger partial charge in [0.2, 0.25) is 0 Å². The highest BCUT2D eigenvalue weighted by Gasteiger charge is 2.13. The molecule has 0 aliphatic heterocycles. The van der Waals surface area contributed by atoms with E-state index in [-0.39, 0.29) is 0 Å². The number of thiophene rings is 2. The van der Waals surface area contributed by atoms with E-state index in [0.717, 1.165) is 30.1 Å². The third-order valence-electron chi connectivity index (χ3n) is 2.88. The first kappa shape index (κ1) is 14.1. The van der Waals surface area contributed by atoms with E-state index in [1.54, 1.807) is 22.7 Å².